The fraction of sp³-hybridized carbons (Fsp3) is 0.409. The van der Waals surface area contributed by atoms with Gasteiger partial charge in [-0.25, -0.2) is 4.39 Å². The first-order chi connectivity index (χ1) is 14.8. The van der Waals surface area contributed by atoms with E-state index in [0.29, 0.717) is 11.4 Å². The number of esters is 1. The Hall–Kier alpha value is -3.36. The summed E-state index contributed by atoms with van der Waals surface area (Å²) in [6.07, 6.45) is 1.28. The molecular weight excluding hydrogens is 405 g/mol. The first-order valence-corrected chi connectivity index (χ1v) is 9.88. The summed E-state index contributed by atoms with van der Waals surface area (Å²) in [6.45, 7) is 2.24. The molecule has 2 aromatic rings. The minimum Gasteiger partial charge on any atom is -0.469 e. The first kappa shape index (κ1) is 22.3. The zero-order valence-electron chi connectivity index (χ0n) is 17.6. The first-order valence-electron chi connectivity index (χ1n) is 9.88. The van der Waals surface area contributed by atoms with Crippen LogP contribution in [0.4, 0.5) is 4.39 Å². The van der Waals surface area contributed by atoms with Gasteiger partial charge in [0.25, 0.3) is 5.91 Å². The van der Waals surface area contributed by atoms with E-state index in [1.807, 2.05) is 30.3 Å². The molecule has 0 unspecified atom stereocenters. The number of amides is 1. The zero-order chi connectivity index (χ0) is 22.6. The molecule has 31 heavy (non-hydrogen) atoms. The fourth-order valence-corrected chi connectivity index (χ4v) is 3.49. The summed E-state index contributed by atoms with van der Waals surface area (Å²) < 4.78 is 17.5. The standard InChI is InChI=1S/C22H24FN3O5/c1-13(2)22(21(29)25-16(18(27)12-23)10-19(28)30-3)11-17(26-31-22)20-15-7-5-4-6-14(15)8-9-24-20/h4-9,13,16H,10-12H2,1-3H3,(H,25,29)/t16-,22+/m0/s1. The van der Waals surface area contributed by atoms with Crippen LogP contribution in [0.25, 0.3) is 10.8 Å². The molecule has 1 amide bonds. The molecule has 2 atom stereocenters. The molecule has 1 N–H and O–H groups in total. The van der Waals surface area contributed by atoms with Crippen molar-refractivity contribution in [2.45, 2.75) is 38.3 Å². The normalized spacial score (nSPS) is 18.9. The van der Waals surface area contributed by atoms with E-state index in [2.05, 4.69) is 20.2 Å². The van der Waals surface area contributed by atoms with E-state index < -0.39 is 42.4 Å². The van der Waals surface area contributed by atoms with Crippen LogP contribution in [-0.2, 0) is 24.0 Å². The van der Waals surface area contributed by atoms with Crippen molar-refractivity contribution in [3.8, 4) is 0 Å². The molecule has 0 bridgehead atoms. The second kappa shape index (κ2) is 9.20. The van der Waals surface area contributed by atoms with Gasteiger partial charge in [0.2, 0.25) is 5.60 Å². The number of aromatic nitrogens is 1. The van der Waals surface area contributed by atoms with Crippen LogP contribution in [0.15, 0.2) is 41.7 Å². The molecule has 0 fully saturated rings. The van der Waals surface area contributed by atoms with Gasteiger partial charge < -0.3 is 14.9 Å². The van der Waals surface area contributed by atoms with Crippen LogP contribution in [-0.4, -0.2) is 53.8 Å². The SMILES string of the molecule is COC(=O)C[C@H](NC(=O)[C@]1(C(C)C)CC(c2nccc3ccccc23)=NO1)C(=O)CF. The maximum absolute atomic E-state index is 13.2. The largest absolute Gasteiger partial charge is 0.469 e. The molecule has 1 aliphatic heterocycles. The number of hydrogen-bond donors (Lipinski definition) is 1. The zero-order valence-corrected chi connectivity index (χ0v) is 17.6. The monoisotopic (exact) mass is 429 g/mol. The third-order valence-electron chi connectivity index (χ3n) is 5.44. The number of nitrogens with one attached hydrogen (secondary N) is 1. The smallest absolute Gasteiger partial charge is 0.308 e. The highest BCUT2D eigenvalue weighted by molar-refractivity contribution is 6.12. The number of hydrogen-bond acceptors (Lipinski definition) is 7. The van der Waals surface area contributed by atoms with Crippen molar-refractivity contribution in [1.29, 1.82) is 0 Å². The Morgan fingerprint density at radius 2 is 2.00 bits per heavy atom. The number of rotatable bonds is 8. The van der Waals surface area contributed by atoms with Crippen molar-refractivity contribution in [1.82, 2.24) is 10.3 Å². The lowest BCUT2D eigenvalue weighted by atomic mass is 9.83. The van der Waals surface area contributed by atoms with Crippen LogP contribution in [0.5, 0.6) is 0 Å². The third-order valence-corrected chi connectivity index (χ3v) is 5.44. The highest BCUT2D eigenvalue weighted by Gasteiger charge is 2.50. The molecule has 164 valence electrons. The third kappa shape index (κ3) is 4.40. The number of fused-ring (bicyclic) bond motifs is 1. The van der Waals surface area contributed by atoms with Crippen molar-refractivity contribution >= 4 is 34.1 Å². The molecule has 8 nitrogen and oxygen atoms in total. The van der Waals surface area contributed by atoms with Gasteiger partial charge in [-0.05, 0) is 11.5 Å². The van der Waals surface area contributed by atoms with Gasteiger partial charge >= 0.3 is 5.97 Å². The van der Waals surface area contributed by atoms with E-state index in [4.69, 9.17) is 4.84 Å². The van der Waals surface area contributed by atoms with Gasteiger partial charge in [0.05, 0.1) is 19.2 Å². The number of alkyl halides is 1. The Morgan fingerprint density at radius 1 is 1.26 bits per heavy atom. The van der Waals surface area contributed by atoms with Gasteiger partial charge in [-0.3, -0.25) is 19.4 Å². The van der Waals surface area contributed by atoms with Crippen LogP contribution in [0.2, 0.25) is 0 Å². The minimum atomic E-state index is -1.43. The molecule has 0 saturated carbocycles. The van der Waals surface area contributed by atoms with Gasteiger partial charge in [0.15, 0.2) is 5.78 Å². The number of oxime groups is 1. The number of ketones is 1. The average Bonchev–Trinajstić information content (AvgIpc) is 3.24. The summed E-state index contributed by atoms with van der Waals surface area (Å²) in [5.74, 6) is -2.66. The van der Waals surface area contributed by atoms with Crippen LogP contribution >= 0.6 is 0 Å². The Labute approximate surface area is 178 Å². The van der Waals surface area contributed by atoms with Gasteiger partial charge in [-0.15, -0.1) is 0 Å². The molecule has 0 saturated heterocycles. The quantitative estimate of drug-likeness (QED) is 0.646. The maximum Gasteiger partial charge on any atom is 0.308 e. The van der Waals surface area contributed by atoms with Crippen molar-refractivity contribution in [2.75, 3.05) is 13.8 Å². The molecule has 1 aromatic heterocycles. The summed E-state index contributed by atoms with van der Waals surface area (Å²) in [4.78, 5) is 46.8. The molecule has 1 aliphatic rings. The lowest BCUT2D eigenvalue weighted by molar-refractivity contribution is -0.152. The molecule has 1 aromatic carbocycles. The number of ether oxygens (including phenoxy) is 1. The Balaban J connectivity index is 1.87. The number of methoxy groups -OCH3 is 1. The molecule has 9 heteroatoms. The highest BCUT2D eigenvalue weighted by Crippen LogP contribution is 2.35. The van der Waals surface area contributed by atoms with E-state index >= 15 is 0 Å². The topological polar surface area (TPSA) is 107 Å². The Morgan fingerprint density at radius 3 is 2.68 bits per heavy atom. The predicted octanol–water partition coefficient (Wildman–Crippen LogP) is 2.34. The number of carbonyl (C=O) groups is 3. The molecule has 0 spiro atoms. The summed E-state index contributed by atoms with van der Waals surface area (Å²) in [7, 11) is 1.15. The fourth-order valence-electron chi connectivity index (χ4n) is 3.49. The van der Waals surface area contributed by atoms with Crippen molar-refractivity contribution < 1.29 is 28.3 Å². The van der Waals surface area contributed by atoms with E-state index in [9.17, 15) is 18.8 Å². The van der Waals surface area contributed by atoms with Gasteiger partial charge in [0.1, 0.15) is 18.4 Å². The van der Waals surface area contributed by atoms with E-state index in [1.165, 1.54) is 0 Å². The lowest BCUT2D eigenvalue weighted by Crippen LogP contribution is -2.55. The second-order valence-electron chi connectivity index (χ2n) is 7.64. The predicted molar refractivity (Wildman–Crippen MR) is 111 cm³/mol. The number of pyridine rings is 1. The lowest BCUT2D eigenvalue weighted by Gasteiger charge is -2.30. The molecule has 0 radical (unpaired) electrons. The van der Waals surface area contributed by atoms with Crippen molar-refractivity contribution in [3.63, 3.8) is 0 Å². The van der Waals surface area contributed by atoms with Crippen molar-refractivity contribution in [3.05, 3.63) is 42.2 Å². The number of benzene rings is 1. The van der Waals surface area contributed by atoms with E-state index in [-0.39, 0.29) is 12.3 Å². The maximum atomic E-state index is 13.2. The van der Waals surface area contributed by atoms with Crippen LogP contribution in [0, 0.1) is 5.92 Å². The van der Waals surface area contributed by atoms with E-state index in [0.717, 1.165) is 17.9 Å². The molecular formula is C22H24FN3O5. The van der Waals surface area contributed by atoms with Gasteiger partial charge in [0, 0.05) is 23.9 Å². The second-order valence-corrected chi connectivity index (χ2v) is 7.64. The number of halogens is 1. The Bertz CT molecular complexity index is 1030. The van der Waals surface area contributed by atoms with Crippen LogP contribution in [0.3, 0.4) is 0 Å². The van der Waals surface area contributed by atoms with Crippen LogP contribution < -0.4 is 5.32 Å². The summed E-state index contributed by atoms with van der Waals surface area (Å²) in [5.41, 5.74) is -0.347. The van der Waals surface area contributed by atoms with Crippen LogP contribution in [0.1, 0.15) is 32.4 Å². The van der Waals surface area contributed by atoms with Crippen molar-refractivity contribution in [2.24, 2.45) is 11.1 Å². The number of carbonyl (C=O) groups excluding carboxylic acids is 3. The summed E-state index contributed by atoms with van der Waals surface area (Å²) in [6, 6.07) is 8.16. The van der Waals surface area contributed by atoms with E-state index in [1.54, 1.807) is 20.0 Å². The average molecular weight is 429 g/mol. The molecule has 2 heterocycles. The number of nitrogens with zero attached hydrogens (tertiary/aromatic N) is 2. The molecule has 3 rings (SSSR count). The van der Waals surface area contributed by atoms with Gasteiger partial charge in [-0.2, -0.15) is 0 Å². The summed E-state index contributed by atoms with van der Waals surface area (Å²) >= 11 is 0. The summed E-state index contributed by atoms with van der Waals surface area (Å²) in [5, 5.41) is 8.43. The number of Topliss-reactive ketones (excluding diaryl/α,β-unsaturated/α-hetero) is 1. The minimum absolute atomic E-state index is 0.103. The van der Waals surface area contributed by atoms with Gasteiger partial charge in [-0.1, -0.05) is 43.3 Å². The highest BCUT2D eigenvalue weighted by atomic mass is 19.1. The molecule has 0 aliphatic carbocycles. The Kier molecular flexibility index (Phi) is 6.62.